The van der Waals surface area contributed by atoms with Crippen molar-refractivity contribution < 1.29 is 23.5 Å². The Balaban J connectivity index is 1.75. The molecular formula is C26H34FN5O4. The van der Waals surface area contributed by atoms with Crippen molar-refractivity contribution >= 4 is 28.6 Å². The van der Waals surface area contributed by atoms with E-state index in [0.29, 0.717) is 24.0 Å². The third kappa shape index (κ3) is 6.53. The third-order valence-corrected chi connectivity index (χ3v) is 6.15. The van der Waals surface area contributed by atoms with Gasteiger partial charge < -0.3 is 25.7 Å². The van der Waals surface area contributed by atoms with Crippen molar-refractivity contribution in [3.63, 3.8) is 0 Å². The molecule has 36 heavy (non-hydrogen) atoms. The summed E-state index contributed by atoms with van der Waals surface area (Å²) in [6.07, 6.45) is 1.03. The van der Waals surface area contributed by atoms with E-state index >= 15 is 0 Å². The van der Waals surface area contributed by atoms with E-state index in [-0.39, 0.29) is 40.4 Å². The molecule has 10 heteroatoms. The molecule has 1 aliphatic heterocycles. The van der Waals surface area contributed by atoms with Crippen molar-refractivity contribution in [2.45, 2.75) is 71.5 Å². The first kappa shape index (κ1) is 27.0. The smallest absolute Gasteiger partial charge is 0.268 e. The van der Waals surface area contributed by atoms with Gasteiger partial charge in [0.2, 0.25) is 11.8 Å². The average molecular weight is 500 g/mol. The molecule has 1 fully saturated rings. The zero-order valence-electron chi connectivity index (χ0n) is 21.5. The number of H-pyrrole nitrogens is 1. The average Bonchev–Trinajstić information content (AvgIpc) is 3.31. The van der Waals surface area contributed by atoms with Crippen LogP contribution in [0.2, 0.25) is 0 Å². The number of hydrogen-bond acceptors (Lipinski definition) is 5. The molecule has 0 saturated carbocycles. The van der Waals surface area contributed by atoms with E-state index in [1.165, 1.54) is 19.2 Å². The molecule has 1 aromatic carbocycles. The van der Waals surface area contributed by atoms with Gasteiger partial charge in [-0.2, -0.15) is 5.26 Å². The highest BCUT2D eigenvalue weighted by Gasteiger charge is 2.39. The molecule has 0 radical (unpaired) electrons. The lowest BCUT2D eigenvalue weighted by atomic mass is 9.87. The van der Waals surface area contributed by atoms with Crippen LogP contribution in [-0.4, -0.2) is 47.4 Å². The molecule has 2 heterocycles. The molecule has 3 atom stereocenters. The van der Waals surface area contributed by atoms with E-state index in [1.54, 1.807) is 6.07 Å². The SMILES string of the molecule is COc1cc(F)c2[nH]c(C(=O)N[C@@H](CC(C)(C)C)C(=O)N[C@H](C#N)C[C@@H]3CC(C)(C)NC3=O)cc2c1. The maximum Gasteiger partial charge on any atom is 0.268 e. The standard InChI is InChI=1S/C26H34FN5O4/c1-25(2,3)12-20(24(35)29-16(13-28)7-15-11-26(4,5)32-22(15)33)31-23(34)19-9-14-8-17(36-6)10-18(27)21(14)30-19/h8-10,15-16,20,30H,7,11-12H2,1-6H3,(H,29,35)(H,31,34)(H,32,33)/t15-,16+,20+/m1/s1. The highest BCUT2D eigenvalue weighted by molar-refractivity contribution is 6.00. The minimum atomic E-state index is -0.951. The number of fused-ring (bicyclic) bond motifs is 1. The lowest BCUT2D eigenvalue weighted by Crippen LogP contribution is -2.51. The minimum absolute atomic E-state index is 0.0885. The molecule has 1 aromatic heterocycles. The maximum atomic E-state index is 14.4. The maximum absolute atomic E-state index is 14.4. The summed E-state index contributed by atoms with van der Waals surface area (Å²) in [6.45, 7) is 9.60. The number of carbonyl (C=O) groups is 3. The van der Waals surface area contributed by atoms with Crippen LogP contribution in [0.4, 0.5) is 4.39 Å². The predicted octanol–water partition coefficient (Wildman–Crippen LogP) is 3.16. The number of methoxy groups -OCH3 is 1. The summed E-state index contributed by atoms with van der Waals surface area (Å²) in [5.41, 5.74) is -0.449. The number of benzene rings is 1. The van der Waals surface area contributed by atoms with Crippen LogP contribution in [0, 0.1) is 28.5 Å². The summed E-state index contributed by atoms with van der Waals surface area (Å²) in [5.74, 6) is -1.89. The number of nitriles is 1. The van der Waals surface area contributed by atoms with Crippen molar-refractivity contribution in [3.05, 3.63) is 29.7 Å². The molecule has 9 nitrogen and oxygen atoms in total. The monoisotopic (exact) mass is 499 g/mol. The van der Waals surface area contributed by atoms with E-state index in [0.717, 1.165) is 0 Å². The fraction of sp³-hybridized carbons (Fsp3) is 0.538. The second kappa shape index (κ2) is 10.2. The molecule has 0 bridgehead atoms. The highest BCUT2D eigenvalue weighted by Crippen LogP contribution is 2.28. The Morgan fingerprint density at radius 2 is 1.97 bits per heavy atom. The van der Waals surface area contributed by atoms with E-state index in [4.69, 9.17) is 4.74 Å². The second-order valence-electron chi connectivity index (χ2n) is 11.2. The first-order chi connectivity index (χ1) is 16.7. The molecule has 0 unspecified atom stereocenters. The summed E-state index contributed by atoms with van der Waals surface area (Å²) in [4.78, 5) is 41.2. The van der Waals surface area contributed by atoms with Gasteiger partial charge in [-0.15, -0.1) is 0 Å². The fourth-order valence-corrected chi connectivity index (χ4v) is 4.56. The molecule has 3 rings (SSSR count). The minimum Gasteiger partial charge on any atom is -0.497 e. The zero-order valence-corrected chi connectivity index (χ0v) is 21.5. The number of hydrogen-bond donors (Lipinski definition) is 4. The first-order valence-corrected chi connectivity index (χ1v) is 11.9. The fourth-order valence-electron chi connectivity index (χ4n) is 4.56. The van der Waals surface area contributed by atoms with Crippen LogP contribution >= 0.6 is 0 Å². The molecular weight excluding hydrogens is 465 g/mol. The van der Waals surface area contributed by atoms with Crippen LogP contribution in [0.5, 0.6) is 5.75 Å². The molecule has 0 spiro atoms. The Hall–Kier alpha value is -3.61. The van der Waals surface area contributed by atoms with Gasteiger partial charge in [-0.3, -0.25) is 14.4 Å². The van der Waals surface area contributed by atoms with E-state index in [1.807, 2.05) is 34.6 Å². The molecule has 2 aromatic rings. The van der Waals surface area contributed by atoms with Gasteiger partial charge >= 0.3 is 0 Å². The Kier molecular flexibility index (Phi) is 7.62. The Labute approximate surface area is 210 Å². The summed E-state index contributed by atoms with van der Waals surface area (Å²) in [7, 11) is 1.42. The summed E-state index contributed by atoms with van der Waals surface area (Å²) in [5, 5.41) is 18.4. The molecule has 1 aliphatic rings. The lowest BCUT2D eigenvalue weighted by Gasteiger charge is -2.27. The quantitative estimate of drug-likeness (QED) is 0.442. The van der Waals surface area contributed by atoms with Crippen molar-refractivity contribution in [2.24, 2.45) is 11.3 Å². The van der Waals surface area contributed by atoms with E-state index in [2.05, 4.69) is 27.0 Å². The number of rotatable bonds is 8. The van der Waals surface area contributed by atoms with Crippen molar-refractivity contribution in [1.82, 2.24) is 20.9 Å². The van der Waals surface area contributed by atoms with Gasteiger partial charge in [-0.1, -0.05) is 20.8 Å². The van der Waals surface area contributed by atoms with Gasteiger partial charge in [0.15, 0.2) is 5.82 Å². The number of aromatic amines is 1. The number of aromatic nitrogens is 1. The molecule has 0 aliphatic carbocycles. The molecule has 3 amide bonds. The largest absolute Gasteiger partial charge is 0.497 e. The lowest BCUT2D eigenvalue weighted by molar-refractivity contribution is -0.125. The topological polar surface area (TPSA) is 136 Å². The van der Waals surface area contributed by atoms with Gasteiger partial charge in [0, 0.05) is 22.9 Å². The number of nitrogens with zero attached hydrogens (tertiary/aromatic N) is 1. The van der Waals surface area contributed by atoms with Crippen LogP contribution in [0.15, 0.2) is 18.2 Å². The van der Waals surface area contributed by atoms with Crippen molar-refractivity contribution in [3.8, 4) is 11.8 Å². The van der Waals surface area contributed by atoms with Gasteiger partial charge in [0.05, 0.1) is 18.7 Å². The van der Waals surface area contributed by atoms with Crippen molar-refractivity contribution in [1.29, 1.82) is 5.26 Å². The van der Waals surface area contributed by atoms with Gasteiger partial charge in [0.1, 0.15) is 23.5 Å². The van der Waals surface area contributed by atoms with Crippen molar-refractivity contribution in [2.75, 3.05) is 7.11 Å². The number of carbonyl (C=O) groups excluding carboxylic acids is 3. The van der Waals surface area contributed by atoms with Gasteiger partial charge in [-0.05, 0) is 50.7 Å². The zero-order chi connectivity index (χ0) is 26.8. The van der Waals surface area contributed by atoms with Crippen LogP contribution in [0.3, 0.4) is 0 Å². The Bertz CT molecular complexity index is 1210. The Morgan fingerprint density at radius 1 is 1.28 bits per heavy atom. The summed E-state index contributed by atoms with van der Waals surface area (Å²) in [6, 6.07) is 4.52. The predicted molar refractivity (Wildman–Crippen MR) is 133 cm³/mol. The highest BCUT2D eigenvalue weighted by atomic mass is 19.1. The van der Waals surface area contributed by atoms with E-state index in [9.17, 15) is 24.0 Å². The molecule has 194 valence electrons. The van der Waals surface area contributed by atoms with Gasteiger partial charge in [0.25, 0.3) is 5.91 Å². The number of amides is 3. The van der Waals surface area contributed by atoms with E-state index < -0.39 is 29.7 Å². The number of ether oxygens (including phenoxy) is 1. The summed E-state index contributed by atoms with van der Waals surface area (Å²) >= 11 is 0. The normalized spacial score (nSPS) is 18.7. The van der Waals surface area contributed by atoms with Crippen LogP contribution < -0.4 is 20.7 Å². The van der Waals surface area contributed by atoms with Crippen LogP contribution in [0.1, 0.15) is 64.4 Å². The molecule has 4 N–H and O–H groups in total. The summed E-state index contributed by atoms with van der Waals surface area (Å²) < 4.78 is 19.5. The second-order valence-corrected chi connectivity index (χ2v) is 11.2. The van der Waals surface area contributed by atoms with Crippen LogP contribution in [-0.2, 0) is 9.59 Å². The van der Waals surface area contributed by atoms with Gasteiger partial charge in [-0.25, -0.2) is 4.39 Å². The first-order valence-electron chi connectivity index (χ1n) is 11.9. The molecule has 1 saturated heterocycles. The number of halogens is 1. The number of nitrogens with one attached hydrogen (secondary N) is 4. The Morgan fingerprint density at radius 3 is 2.53 bits per heavy atom. The van der Waals surface area contributed by atoms with Crippen LogP contribution in [0.25, 0.3) is 10.9 Å². The third-order valence-electron chi connectivity index (χ3n) is 6.15.